The zero-order chi connectivity index (χ0) is 21.6. The Morgan fingerprint density at radius 1 is 0.800 bits per heavy atom. The second kappa shape index (κ2) is 9.10. The fourth-order valence-corrected chi connectivity index (χ4v) is 3.54. The molecule has 3 aromatic rings. The number of hydrogen-bond donors (Lipinski definition) is 3. The molecule has 154 valence electrons. The summed E-state index contributed by atoms with van der Waals surface area (Å²) >= 11 is 0. The summed E-state index contributed by atoms with van der Waals surface area (Å²) in [5.74, 6) is -0.875. The van der Waals surface area contributed by atoms with Gasteiger partial charge in [0.2, 0.25) is 0 Å². The minimum atomic E-state index is -4.09. The standard InChI is InChI=1S/C21H19N3O5S/c1-29-19-10-6-5-9-18(19)21(26)24-30(27,28)17-13-11-16(12-14-17)22-23-20(25)15-7-3-2-4-8-15/h2-14,22H,1H3,(H,23,25)(H,24,26). The lowest BCUT2D eigenvalue weighted by Gasteiger charge is -2.11. The second-order valence-electron chi connectivity index (χ2n) is 6.10. The van der Waals surface area contributed by atoms with Gasteiger partial charge in [0.1, 0.15) is 5.75 Å². The summed E-state index contributed by atoms with van der Waals surface area (Å²) in [5.41, 5.74) is 6.27. The number of carbonyl (C=O) groups excluding carboxylic acids is 2. The quantitative estimate of drug-likeness (QED) is 0.502. The van der Waals surface area contributed by atoms with Gasteiger partial charge in [0.25, 0.3) is 21.8 Å². The molecular formula is C21H19N3O5S. The van der Waals surface area contributed by atoms with Crippen molar-refractivity contribution >= 4 is 27.5 Å². The Balaban J connectivity index is 1.66. The van der Waals surface area contributed by atoms with Gasteiger partial charge < -0.3 is 4.74 Å². The molecule has 0 aliphatic carbocycles. The predicted octanol–water partition coefficient (Wildman–Crippen LogP) is 2.57. The van der Waals surface area contributed by atoms with Crippen LogP contribution < -0.4 is 20.3 Å². The molecule has 0 radical (unpaired) electrons. The van der Waals surface area contributed by atoms with Crippen LogP contribution >= 0.6 is 0 Å². The van der Waals surface area contributed by atoms with Crippen molar-refractivity contribution in [3.8, 4) is 5.75 Å². The first-order valence-corrected chi connectivity index (χ1v) is 10.3. The number of methoxy groups -OCH3 is 1. The largest absolute Gasteiger partial charge is 0.496 e. The summed E-state index contributed by atoms with van der Waals surface area (Å²) in [4.78, 5) is 24.3. The van der Waals surface area contributed by atoms with Crippen LogP contribution in [0.25, 0.3) is 0 Å². The van der Waals surface area contributed by atoms with Crippen LogP contribution in [-0.2, 0) is 10.0 Å². The van der Waals surface area contributed by atoms with E-state index in [0.717, 1.165) is 0 Å². The van der Waals surface area contributed by atoms with Gasteiger partial charge in [-0.1, -0.05) is 30.3 Å². The lowest BCUT2D eigenvalue weighted by Crippen LogP contribution is -2.31. The smallest absolute Gasteiger partial charge is 0.269 e. The van der Waals surface area contributed by atoms with E-state index in [0.29, 0.717) is 11.3 Å². The number of carbonyl (C=O) groups is 2. The van der Waals surface area contributed by atoms with Gasteiger partial charge in [0.05, 0.1) is 23.3 Å². The van der Waals surface area contributed by atoms with E-state index < -0.39 is 15.9 Å². The predicted molar refractivity (Wildman–Crippen MR) is 112 cm³/mol. The van der Waals surface area contributed by atoms with E-state index >= 15 is 0 Å². The Labute approximate surface area is 173 Å². The Morgan fingerprint density at radius 2 is 1.43 bits per heavy atom. The van der Waals surface area contributed by atoms with Crippen LogP contribution in [0.2, 0.25) is 0 Å². The van der Waals surface area contributed by atoms with Crippen LogP contribution in [0.15, 0.2) is 83.8 Å². The summed E-state index contributed by atoms with van der Waals surface area (Å²) in [6.07, 6.45) is 0. The zero-order valence-electron chi connectivity index (χ0n) is 16.0. The molecule has 3 rings (SSSR count). The van der Waals surface area contributed by atoms with Crippen LogP contribution in [-0.4, -0.2) is 27.3 Å². The highest BCUT2D eigenvalue weighted by Crippen LogP contribution is 2.19. The molecule has 0 atom stereocenters. The molecule has 0 heterocycles. The van der Waals surface area contributed by atoms with E-state index in [4.69, 9.17) is 4.74 Å². The van der Waals surface area contributed by atoms with E-state index in [2.05, 4.69) is 10.9 Å². The normalized spacial score (nSPS) is 10.7. The second-order valence-corrected chi connectivity index (χ2v) is 7.79. The third kappa shape index (κ3) is 4.95. The SMILES string of the molecule is COc1ccccc1C(=O)NS(=O)(=O)c1ccc(NNC(=O)c2ccccc2)cc1. The van der Waals surface area contributed by atoms with Crippen molar-refractivity contribution in [2.75, 3.05) is 12.5 Å². The summed E-state index contributed by atoms with van der Waals surface area (Å²) in [7, 11) is -2.70. The molecule has 0 fully saturated rings. The van der Waals surface area contributed by atoms with Gasteiger partial charge in [-0.05, 0) is 48.5 Å². The maximum Gasteiger partial charge on any atom is 0.269 e. The molecule has 0 saturated carbocycles. The number of ether oxygens (including phenoxy) is 1. The minimum absolute atomic E-state index is 0.102. The first-order chi connectivity index (χ1) is 14.4. The van der Waals surface area contributed by atoms with Gasteiger partial charge >= 0.3 is 0 Å². The Kier molecular flexibility index (Phi) is 6.33. The average Bonchev–Trinajstić information content (AvgIpc) is 2.78. The van der Waals surface area contributed by atoms with Crippen LogP contribution in [0.4, 0.5) is 5.69 Å². The Hall–Kier alpha value is -3.85. The van der Waals surface area contributed by atoms with Gasteiger partial charge in [0, 0.05) is 5.56 Å². The Morgan fingerprint density at radius 3 is 2.10 bits per heavy atom. The minimum Gasteiger partial charge on any atom is -0.496 e. The summed E-state index contributed by atoms with van der Waals surface area (Å²) in [6.45, 7) is 0. The van der Waals surface area contributed by atoms with E-state index in [1.54, 1.807) is 48.5 Å². The van der Waals surface area contributed by atoms with Crippen molar-refractivity contribution < 1.29 is 22.7 Å². The van der Waals surface area contributed by atoms with Crippen molar-refractivity contribution in [1.82, 2.24) is 10.1 Å². The van der Waals surface area contributed by atoms with E-state index in [9.17, 15) is 18.0 Å². The lowest BCUT2D eigenvalue weighted by molar-refractivity contribution is 0.0958. The number of para-hydroxylation sites is 1. The van der Waals surface area contributed by atoms with Crippen molar-refractivity contribution in [2.45, 2.75) is 4.90 Å². The number of sulfonamides is 1. The highest BCUT2D eigenvalue weighted by Gasteiger charge is 2.21. The molecule has 3 N–H and O–H groups in total. The number of hydrazine groups is 1. The number of benzene rings is 3. The molecule has 0 aromatic heterocycles. The van der Waals surface area contributed by atoms with Crippen molar-refractivity contribution in [2.24, 2.45) is 0 Å². The summed E-state index contributed by atoms with van der Waals surface area (Å²) in [6, 6.07) is 20.5. The third-order valence-corrected chi connectivity index (χ3v) is 5.45. The van der Waals surface area contributed by atoms with E-state index in [-0.39, 0.29) is 22.1 Å². The molecule has 8 nitrogen and oxygen atoms in total. The highest BCUT2D eigenvalue weighted by atomic mass is 32.2. The topological polar surface area (TPSA) is 114 Å². The molecule has 9 heteroatoms. The maximum absolute atomic E-state index is 12.5. The van der Waals surface area contributed by atoms with Gasteiger partial charge in [-0.25, -0.2) is 13.1 Å². The first kappa shape index (κ1) is 20.9. The summed E-state index contributed by atoms with van der Waals surface area (Å²) < 4.78 is 32.1. The third-order valence-electron chi connectivity index (χ3n) is 4.10. The van der Waals surface area contributed by atoms with E-state index in [1.807, 2.05) is 4.72 Å². The fourth-order valence-electron chi connectivity index (χ4n) is 2.58. The average molecular weight is 425 g/mol. The van der Waals surface area contributed by atoms with Crippen molar-refractivity contribution in [3.05, 3.63) is 90.0 Å². The number of hydrogen-bond acceptors (Lipinski definition) is 6. The first-order valence-electron chi connectivity index (χ1n) is 8.82. The van der Waals surface area contributed by atoms with Crippen molar-refractivity contribution in [3.63, 3.8) is 0 Å². The Bertz CT molecular complexity index is 1150. The van der Waals surface area contributed by atoms with Gasteiger partial charge in [-0.2, -0.15) is 0 Å². The highest BCUT2D eigenvalue weighted by molar-refractivity contribution is 7.90. The van der Waals surface area contributed by atoms with Crippen molar-refractivity contribution in [1.29, 1.82) is 0 Å². The zero-order valence-corrected chi connectivity index (χ0v) is 16.8. The number of amides is 2. The van der Waals surface area contributed by atoms with Crippen LogP contribution in [0.3, 0.4) is 0 Å². The molecule has 0 aliphatic rings. The maximum atomic E-state index is 12.5. The fraction of sp³-hybridized carbons (Fsp3) is 0.0476. The van der Waals surface area contributed by atoms with Crippen LogP contribution in [0, 0.1) is 0 Å². The number of rotatable bonds is 7. The molecule has 0 saturated heterocycles. The molecule has 0 aliphatic heterocycles. The number of nitrogens with one attached hydrogen (secondary N) is 3. The molecule has 0 bridgehead atoms. The molecule has 30 heavy (non-hydrogen) atoms. The summed E-state index contributed by atoms with van der Waals surface area (Å²) in [5, 5.41) is 0. The molecule has 3 aromatic carbocycles. The van der Waals surface area contributed by atoms with Gasteiger partial charge in [0.15, 0.2) is 0 Å². The lowest BCUT2D eigenvalue weighted by atomic mass is 10.2. The van der Waals surface area contributed by atoms with Gasteiger partial charge in [-0.15, -0.1) is 0 Å². The van der Waals surface area contributed by atoms with E-state index in [1.165, 1.54) is 37.4 Å². The van der Waals surface area contributed by atoms with Crippen LogP contribution in [0.5, 0.6) is 5.75 Å². The molecule has 2 amide bonds. The van der Waals surface area contributed by atoms with Gasteiger partial charge in [-0.3, -0.25) is 20.4 Å². The monoisotopic (exact) mass is 425 g/mol. The molecular weight excluding hydrogens is 406 g/mol. The molecule has 0 unspecified atom stereocenters. The van der Waals surface area contributed by atoms with Crippen LogP contribution in [0.1, 0.15) is 20.7 Å². The molecule has 0 spiro atoms. The number of anilines is 1.